The van der Waals surface area contributed by atoms with Crippen molar-refractivity contribution in [2.75, 3.05) is 18.0 Å². The summed E-state index contributed by atoms with van der Waals surface area (Å²) in [5, 5.41) is 18.4. The molecule has 0 aromatic heterocycles. The Labute approximate surface area is 207 Å². The van der Waals surface area contributed by atoms with E-state index >= 15 is 0 Å². The Morgan fingerprint density at radius 2 is 1.06 bits per heavy atom. The van der Waals surface area contributed by atoms with E-state index in [1.54, 1.807) is 0 Å². The molecule has 0 aliphatic rings. The number of unbranched alkanes of at least 4 members (excludes halogenated alkanes) is 8. The maximum absolute atomic E-state index is 12.3. The van der Waals surface area contributed by atoms with Crippen molar-refractivity contribution >= 4 is 29.6 Å². The Morgan fingerprint density at radius 3 is 1.43 bits per heavy atom. The lowest BCUT2D eigenvalue weighted by molar-refractivity contribution is -0.137. The van der Waals surface area contributed by atoms with E-state index in [-0.39, 0.29) is 30.0 Å². The number of anilines is 1. The van der Waals surface area contributed by atoms with Gasteiger partial charge < -0.3 is 24.6 Å². The fourth-order valence-electron chi connectivity index (χ4n) is 3.53. The van der Waals surface area contributed by atoms with Gasteiger partial charge in [0.1, 0.15) is 24.6 Å². The minimum Gasteiger partial charge on any atom is -0.480 e. The minimum absolute atomic E-state index is 0.0626. The average Bonchev–Trinajstić information content (AvgIpc) is 2.77. The van der Waals surface area contributed by atoms with Crippen LogP contribution in [0.4, 0.5) is 5.69 Å². The van der Waals surface area contributed by atoms with Gasteiger partial charge in [0.05, 0.1) is 0 Å². The Bertz CT molecular complexity index is 761. The topological polar surface area (TPSA) is 130 Å². The van der Waals surface area contributed by atoms with Crippen LogP contribution in [0.3, 0.4) is 0 Å². The maximum Gasteiger partial charge on any atom is 0.323 e. The molecule has 1 aromatic rings. The van der Waals surface area contributed by atoms with Crippen molar-refractivity contribution in [2.45, 2.75) is 90.9 Å². The predicted octanol–water partition coefficient (Wildman–Crippen LogP) is 5.19. The van der Waals surface area contributed by atoms with E-state index in [1.165, 1.54) is 18.2 Å². The second-order valence-electron chi connectivity index (χ2n) is 8.58. The van der Waals surface area contributed by atoms with Crippen LogP contribution >= 0.6 is 0 Å². The first kappa shape index (κ1) is 29.9. The fourth-order valence-corrected chi connectivity index (χ4v) is 3.53. The van der Waals surface area contributed by atoms with Crippen LogP contribution in [0.15, 0.2) is 18.2 Å². The van der Waals surface area contributed by atoms with Gasteiger partial charge in [-0.1, -0.05) is 65.2 Å². The van der Waals surface area contributed by atoms with Gasteiger partial charge in [-0.15, -0.1) is 0 Å². The van der Waals surface area contributed by atoms with Gasteiger partial charge in [-0.2, -0.15) is 0 Å². The predicted molar refractivity (Wildman–Crippen MR) is 132 cm³/mol. The van der Waals surface area contributed by atoms with Crippen LogP contribution in [0.5, 0.6) is 11.5 Å². The van der Waals surface area contributed by atoms with E-state index in [0.717, 1.165) is 56.3 Å². The van der Waals surface area contributed by atoms with Crippen LogP contribution in [0.2, 0.25) is 0 Å². The molecule has 0 saturated heterocycles. The summed E-state index contributed by atoms with van der Waals surface area (Å²) in [7, 11) is 0. The van der Waals surface area contributed by atoms with Crippen molar-refractivity contribution in [1.82, 2.24) is 0 Å². The molecule has 1 aromatic carbocycles. The molecule has 0 unspecified atom stereocenters. The number of hydrogen-bond donors (Lipinski definition) is 2. The monoisotopic (exact) mass is 493 g/mol. The van der Waals surface area contributed by atoms with E-state index in [0.29, 0.717) is 12.8 Å². The zero-order chi connectivity index (χ0) is 26.1. The normalized spacial score (nSPS) is 10.6. The van der Waals surface area contributed by atoms with Gasteiger partial charge in [0, 0.05) is 36.7 Å². The third-order valence-electron chi connectivity index (χ3n) is 5.31. The molecule has 0 fully saturated rings. The van der Waals surface area contributed by atoms with Crippen molar-refractivity contribution in [1.29, 1.82) is 0 Å². The number of esters is 2. The fraction of sp³-hybridized carbons (Fsp3) is 0.615. The number of benzene rings is 1. The van der Waals surface area contributed by atoms with Crippen LogP contribution in [0.1, 0.15) is 90.9 Å². The number of carbonyl (C=O) groups excluding carboxylic acids is 2. The lowest BCUT2D eigenvalue weighted by Gasteiger charge is -2.22. The summed E-state index contributed by atoms with van der Waals surface area (Å²) in [4.78, 5) is 48.3. The Hall–Kier alpha value is -3.10. The van der Waals surface area contributed by atoms with Crippen LogP contribution in [0, 0.1) is 0 Å². The molecule has 0 saturated carbocycles. The number of rotatable bonds is 19. The lowest BCUT2D eigenvalue weighted by Crippen LogP contribution is -2.34. The number of ether oxygens (including phenoxy) is 2. The standard InChI is InChI=1S/C26H39NO8/c1-3-5-7-9-11-13-25(32)34-21-15-20(27(18-23(28)29)19-24(30)31)16-22(17-21)35-26(33)14-12-10-8-6-4-2/h15-17H,3-14,18-19H2,1-2H3,(H,28,29)(H,30,31). The quantitative estimate of drug-likeness (QED) is 0.152. The molecule has 0 bridgehead atoms. The second-order valence-corrected chi connectivity index (χ2v) is 8.58. The molecule has 0 spiro atoms. The van der Waals surface area contributed by atoms with Crippen LogP contribution < -0.4 is 14.4 Å². The van der Waals surface area contributed by atoms with Crippen molar-refractivity contribution < 1.29 is 38.9 Å². The van der Waals surface area contributed by atoms with Crippen molar-refractivity contribution in [3.8, 4) is 11.5 Å². The Morgan fingerprint density at radius 1 is 0.657 bits per heavy atom. The SMILES string of the molecule is CCCCCCCC(=O)Oc1cc(OC(=O)CCCCCCC)cc(N(CC(=O)O)CC(=O)O)c1. The molecule has 0 radical (unpaired) electrons. The zero-order valence-electron chi connectivity index (χ0n) is 20.9. The van der Waals surface area contributed by atoms with Crippen molar-refractivity contribution in [2.24, 2.45) is 0 Å². The number of carboxylic acids is 2. The Balaban J connectivity index is 2.97. The van der Waals surface area contributed by atoms with Gasteiger partial charge >= 0.3 is 23.9 Å². The highest BCUT2D eigenvalue weighted by Gasteiger charge is 2.18. The minimum atomic E-state index is -1.23. The summed E-state index contributed by atoms with van der Waals surface area (Å²) in [6.07, 6.45) is 10.1. The first-order valence-electron chi connectivity index (χ1n) is 12.5. The molecular formula is C26H39NO8. The van der Waals surface area contributed by atoms with Gasteiger partial charge in [-0.3, -0.25) is 19.2 Å². The summed E-state index contributed by atoms with van der Waals surface area (Å²) in [5.74, 6) is -3.26. The molecule has 0 heterocycles. The highest BCUT2D eigenvalue weighted by atomic mass is 16.5. The van der Waals surface area contributed by atoms with Crippen LogP contribution in [0.25, 0.3) is 0 Å². The number of aliphatic carboxylic acids is 2. The highest BCUT2D eigenvalue weighted by molar-refractivity contribution is 5.81. The maximum atomic E-state index is 12.3. The van der Waals surface area contributed by atoms with Crippen molar-refractivity contribution in [3.63, 3.8) is 0 Å². The second kappa shape index (κ2) is 17.4. The Kier molecular flexibility index (Phi) is 14.8. The first-order chi connectivity index (χ1) is 16.7. The number of carbonyl (C=O) groups is 4. The lowest BCUT2D eigenvalue weighted by atomic mass is 10.1. The molecule has 0 aliphatic heterocycles. The molecule has 0 amide bonds. The van der Waals surface area contributed by atoms with Gasteiger partial charge in [0.2, 0.25) is 0 Å². The van der Waals surface area contributed by atoms with Gasteiger partial charge in [0.15, 0.2) is 0 Å². The smallest absolute Gasteiger partial charge is 0.323 e. The van der Waals surface area contributed by atoms with Crippen LogP contribution in [-0.2, 0) is 19.2 Å². The molecule has 9 heteroatoms. The van der Waals surface area contributed by atoms with E-state index < -0.39 is 37.0 Å². The van der Waals surface area contributed by atoms with E-state index in [2.05, 4.69) is 13.8 Å². The largest absolute Gasteiger partial charge is 0.480 e. The molecular weight excluding hydrogens is 454 g/mol. The van der Waals surface area contributed by atoms with Gasteiger partial charge in [-0.05, 0) is 12.8 Å². The molecule has 0 aliphatic carbocycles. The van der Waals surface area contributed by atoms with Crippen LogP contribution in [-0.4, -0.2) is 47.2 Å². The van der Waals surface area contributed by atoms with Crippen molar-refractivity contribution in [3.05, 3.63) is 18.2 Å². The molecule has 35 heavy (non-hydrogen) atoms. The number of nitrogens with zero attached hydrogens (tertiary/aromatic N) is 1. The summed E-state index contributed by atoms with van der Waals surface area (Å²) in [6.45, 7) is 3.03. The van der Waals surface area contributed by atoms with Gasteiger partial charge in [-0.25, -0.2) is 0 Å². The zero-order valence-corrected chi connectivity index (χ0v) is 20.9. The first-order valence-corrected chi connectivity index (χ1v) is 12.5. The number of hydrogen-bond acceptors (Lipinski definition) is 7. The summed E-state index contributed by atoms with van der Waals surface area (Å²) in [6, 6.07) is 4.14. The summed E-state index contributed by atoms with van der Waals surface area (Å²) >= 11 is 0. The molecule has 9 nitrogen and oxygen atoms in total. The highest BCUT2D eigenvalue weighted by Crippen LogP contribution is 2.30. The van der Waals surface area contributed by atoms with E-state index in [4.69, 9.17) is 9.47 Å². The molecule has 196 valence electrons. The average molecular weight is 494 g/mol. The van der Waals surface area contributed by atoms with E-state index in [1.807, 2.05) is 0 Å². The number of carboxylic acid groups (broad SMARTS) is 2. The third kappa shape index (κ3) is 14.0. The summed E-state index contributed by atoms with van der Waals surface area (Å²) < 4.78 is 10.8. The molecule has 1 rings (SSSR count). The van der Waals surface area contributed by atoms with Gasteiger partial charge in [0.25, 0.3) is 0 Å². The molecule has 2 N–H and O–H groups in total. The van der Waals surface area contributed by atoms with E-state index in [9.17, 15) is 29.4 Å². The summed E-state index contributed by atoms with van der Waals surface area (Å²) in [5.41, 5.74) is 0.161. The third-order valence-corrected chi connectivity index (χ3v) is 5.31. The molecule has 0 atom stereocenters.